The zero-order valence-corrected chi connectivity index (χ0v) is 15.2. The number of pyridine rings is 1. The van der Waals surface area contributed by atoms with Crippen LogP contribution in [0.3, 0.4) is 0 Å². The molecule has 0 saturated carbocycles. The summed E-state index contributed by atoms with van der Waals surface area (Å²) in [5, 5.41) is 3.41. The molecule has 1 N–H and O–H groups in total. The number of aromatic nitrogens is 1. The number of fused-ring (bicyclic) bond motifs is 1. The first-order valence-corrected chi connectivity index (χ1v) is 8.30. The van der Waals surface area contributed by atoms with E-state index in [0.29, 0.717) is 16.6 Å². The molecular weight excluding hydrogens is 371 g/mol. The number of hydrogen-bond donors (Lipinski definition) is 1. The van der Waals surface area contributed by atoms with Gasteiger partial charge >= 0.3 is 0 Å². The molecule has 0 fully saturated rings. The van der Waals surface area contributed by atoms with Crippen LogP contribution >= 0.6 is 15.9 Å². The van der Waals surface area contributed by atoms with Crippen molar-refractivity contribution < 1.29 is 9.18 Å². The second kappa shape index (κ2) is 6.32. The summed E-state index contributed by atoms with van der Waals surface area (Å²) in [7, 11) is 1.55. The molecule has 5 heteroatoms. The summed E-state index contributed by atoms with van der Waals surface area (Å²) in [4.78, 5) is 16.6. The van der Waals surface area contributed by atoms with Crippen molar-refractivity contribution in [2.75, 3.05) is 7.05 Å². The Labute approximate surface area is 148 Å². The van der Waals surface area contributed by atoms with Gasteiger partial charge in [0.05, 0.1) is 5.52 Å². The molecule has 24 heavy (non-hydrogen) atoms. The van der Waals surface area contributed by atoms with Crippen LogP contribution < -0.4 is 5.32 Å². The van der Waals surface area contributed by atoms with Gasteiger partial charge in [-0.1, -0.05) is 34.1 Å². The fourth-order valence-corrected chi connectivity index (χ4v) is 3.19. The third kappa shape index (κ3) is 2.69. The number of hydrogen-bond acceptors (Lipinski definition) is 2. The minimum Gasteiger partial charge on any atom is -0.354 e. The Hall–Kier alpha value is -2.27. The molecular formula is C19H16BrFN2O. The first kappa shape index (κ1) is 16.6. The SMILES string of the molecule is CNC(=O)c1cc(-c2ccccc2F)c2c(C)c(Br)c(C)cc2n1. The van der Waals surface area contributed by atoms with Crippen LogP contribution in [-0.4, -0.2) is 17.9 Å². The Bertz CT molecular complexity index is 969. The Morgan fingerprint density at radius 1 is 1.17 bits per heavy atom. The average molecular weight is 387 g/mol. The highest BCUT2D eigenvalue weighted by Crippen LogP contribution is 2.36. The first-order valence-electron chi connectivity index (χ1n) is 7.51. The van der Waals surface area contributed by atoms with E-state index in [2.05, 4.69) is 26.2 Å². The fraction of sp³-hybridized carbons (Fsp3) is 0.158. The van der Waals surface area contributed by atoms with Gasteiger partial charge in [0.15, 0.2) is 0 Å². The van der Waals surface area contributed by atoms with Crippen molar-refractivity contribution in [2.24, 2.45) is 0 Å². The Kier molecular flexibility index (Phi) is 4.37. The number of rotatable bonds is 2. The number of benzene rings is 2. The number of nitrogens with zero attached hydrogens (tertiary/aromatic N) is 1. The van der Waals surface area contributed by atoms with Gasteiger partial charge in [-0.05, 0) is 48.7 Å². The highest BCUT2D eigenvalue weighted by atomic mass is 79.9. The van der Waals surface area contributed by atoms with Crippen molar-refractivity contribution in [1.29, 1.82) is 0 Å². The number of nitrogens with one attached hydrogen (secondary N) is 1. The van der Waals surface area contributed by atoms with Crippen LogP contribution in [0.25, 0.3) is 22.0 Å². The molecule has 0 spiro atoms. The summed E-state index contributed by atoms with van der Waals surface area (Å²) in [6.07, 6.45) is 0. The van der Waals surface area contributed by atoms with Crippen LogP contribution in [0, 0.1) is 19.7 Å². The van der Waals surface area contributed by atoms with Crippen LogP contribution in [0.15, 0.2) is 40.9 Å². The molecule has 1 amide bonds. The van der Waals surface area contributed by atoms with Crippen molar-refractivity contribution in [1.82, 2.24) is 10.3 Å². The average Bonchev–Trinajstić information content (AvgIpc) is 2.58. The molecule has 3 aromatic rings. The second-order valence-corrected chi connectivity index (χ2v) is 6.43. The second-order valence-electron chi connectivity index (χ2n) is 5.64. The number of carbonyl (C=O) groups excluding carboxylic acids is 1. The molecule has 1 heterocycles. The minimum absolute atomic E-state index is 0.268. The van der Waals surface area contributed by atoms with E-state index >= 15 is 0 Å². The number of halogens is 2. The third-order valence-corrected chi connectivity index (χ3v) is 5.30. The van der Waals surface area contributed by atoms with Crippen LogP contribution in [0.4, 0.5) is 4.39 Å². The lowest BCUT2D eigenvalue weighted by Crippen LogP contribution is -2.19. The molecule has 3 rings (SSSR count). The first-order chi connectivity index (χ1) is 11.4. The zero-order chi connectivity index (χ0) is 17.4. The molecule has 0 aliphatic carbocycles. The van der Waals surface area contributed by atoms with Gasteiger partial charge in [0.1, 0.15) is 11.5 Å². The van der Waals surface area contributed by atoms with Gasteiger partial charge in [-0.15, -0.1) is 0 Å². The smallest absolute Gasteiger partial charge is 0.269 e. The molecule has 0 aliphatic rings. The lowest BCUT2D eigenvalue weighted by Gasteiger charge is -2.15. The summed E-state index contributed by atoms with van der Waals surface area (Å²) < 4.78 is 15.4. The molecule has 3 nitrogen and oxygen atoms in total. The van der Waals surface area contributed by atoms with E-state index < -0.39 is 0 Å². The van der Waals surface area contributed by atoms with E-state index in [0.717, 1.165) is 21.0 Å². The topological polar surface area (TPSA) is 42.0 Å². The van der Waals surface area contributed by atoms with Gasteiger partial charge in [0.25, 0.3) is 5.91 Å². The van der Waals surface area contributed by atoms with E-state index in [1.807, 2.05) is 19.9 Å². The quantitative estimate of drug-likeness (QED) is 0.688. The summed E-state index contributed by atoms with van der Waals surface area (Å²) in [5.74, 6) is -0.628. The number of aryl methyl sites for hydroxylation is 2. The fourth-order valence-electron chi connectivity index (χ4n) is 2.87. The van der Waals surface area contributed by atoms with Crippen molar-refractivity contribution >= 4 is 32.7 Å². The molecule has 0 saturated heterocycles. The molecule has 122 valence electrons. The van der Waals surface area contributed by atoms with E-state index in [-0.39, 0.29) is 17.4 Å². The van der Waals surface area contributed by atoms with E-state index in [4.69, 9.17) is 0 Å². The molecule has 0 bridgehead atoms. The lowest BCUT2D eigenvalue weighted by atomic mass is 9.95. The van der Waals surface area contributed by atoms with Crippen LogP contribution in [-0.2, 0) is 0 Å². The van der Waals surface area contributed by atoms with Gasteiger partial charge < -0.3 is 5.32 Å². The maximum Gasteiger partial charge on any atom is 0.269 e. The standard InChI is InChI=1S/C19H16BrFN2O/c1-10-8-15-17(11(2)18(10)20)13(9-16(23-15)19(24)22-3)12-6-4-5-7-14(12)21/h4-9H,1-3H3,(H,22,24). The summed E-state index contributed by atoms with van der Waals surface area (Å²) in [6.45, 7) is 3.93. The zero-order valence-electron chi connectivity index (χ0n) is 13.6. The molecule has 0 radical (unpaired) electrons. The van der Waals surface area contributed by atoms with E-state index in [9.17, 15) is 9.18 Å². The lowest BCUT2D eigenvalue weighted by molar-refractivity contribution is 0.0958. The number of carbonyl (C=O) groups is 1. The van der Waals surface area contributed by atoms with Crippen molar-refractivity contribution in [3.8, 4) is 11.1 Å². The van der Waals surface area contributed by atoms with E-state index in [1.165, 1.54) is 6.07 Å². The van der Waals surface area contributed by atoms with Crippen LogP contribution in [0.2, 0.25) is 0 Å². The normalized spacial score (nSPS) is 10.9. The van der Waals surface area contributed by atoms with Crippen molar-refractivity contribution in [2.45, 2.75) is 13.8 Å². The summed E-state index contributed by atoms with van der Waals surface area (Å²) >= 11 is 3.59. The molecule has 0 unspecified atom stereocenters. The summed E-state index contributed by atoms with van der Waals surface area (Å²) in [5.41, 5.74) is 4.04. The van der Waals surface area contributed by atoms with Gasteiger partial charge in [-0.2, -0.15) is 0 Å². The van der Waals surface area contributed by atoms with Crippen molar-refractivity contribution in [3.63, 3.8) is 0 Å². The molecule has 1 aromatic heterocycles. The monoisotopic (exact) mass is 386 g/mol. The molecule has 0 aliphatic heterocycles. The maximum atomic E-state index is 14.4. The Morgan fingerprint density at radius 3 is 2.54 bits per heavy atom. The number of amides is 1. The van der Waals surface area contributed by atoms with Crippen LogP contribution in [0.1, 0.15) is 21.6 Å². The minimum atomic E-state index is -0.330. The highest BCUT2D eigenvalue weighted by Gasteiger charge is 2.18. The van der Waals surface area contributed by atoms with Crippen LogP contribution in [0.5, 0.6) is 0 Å². The predicted octanol–water partition coefficient (Wildman–Crippen LogP) is 4.78. The van der Waals surface area contributed by atoms with Crippen molar-refractivity contribution in [3.05, 3.63) is 63.5 Å². The largest absolute Gasteiger partial charge is 0.354 e. The van der Waals surface area contributed by atoms with E-state index in [1.54, 1.807) is 31.3 Å². The maximum absolute atomic E-state index is 14.4. The highest BCUT2D eigenvalue weighted by molar-refractivity contribution is 9.10. The Morgan fingerprint density at radius 2 is 1.88 bits per heavy atom. The van der Waals surface area contributed by atoms with Gasteiger partial charge in [0, 0.05) is 22.5 Å². The van der Waals surface area contributed by atoms with Gasteiger partial charge in [0.2, 0.25) is 0 Å². The Balaban J connectivity index is 2.47. The third-order valence-electron chi connectivity index (χ3n) is 4.07. The summed E-state index contributed by atoms with van der Waals surface area (Å²) in [6, 6.07) is 10.1. The van der Waals surface area contributed by atoms with Gasteiger partial charge in [-0.3, -0.25) is 4.79 Å². The predicted molar refractivity (Wildman–Crippen MR) is 97.7 cm³/mol. The molecule has 2 aromatic carbocycles. The molecule has 0 atom stereocenters. The van der Waals surface area contributed by atoms with Gasteiger partial charge in [-0.25, -0.2) is 9.37 Å².